The van der Waals surface area contributed by atoms with Gasteiger partial charge in [0.15, 0.2) is 0 Å². The first kappa shape index (κ1) is 22.7. The summed E-state index contributed by atoms with van der Waals surface area (Å²) in [7, 11) is 0. The van der Waals surface area contributed by atoms with E-state index in [1.807, 2.05) is 0 Å². The maximum atomic E-state index is 12.4. The highest BCUT2D eigenvalue weighted by Gasteiger charge is 2.17. The lowest BCUT2D eigenvalue weighted by Gasteiger charge is -2.09. The van der Waals surface area contributed by atoms with Gasteiger partial charge in [-0.25, -0.2) is 0 Å². The van der Waals surface area contributed by atoms with Crippen LogP contribution in [0.15, 0.2) is 60.7 Å². The van der Waals surface area contributed by atoms with Gasteiger partial charge in [0, 0.05) is 35.6 Å². The fraction of sp³-hybridized carbons (Fsp3) is 0. The monoisotopic (exact) mass is 474 g/mol. The smallest absolute Gasteiger partial charge is 0.270 e. The third-order valence-corrected chi connectivity index (χ3v) is 4.84. The normalized spacial score (nSPS) is 10.3. The van der Waals surface area contributed by atoms with Crippen molar-refractivity contribution in [1.82, 2.24) is 0 Å². The molecule has 32 heavy (non-hydrogen) atoms. The van der Waals surface area contributed by atoms with E-state index in [-0.39, 0.29) is 32.5 Å². The van der Waals surface area contributed by atoms with E-state index in [9.17, 15) is 29.8 Å². The van der Waals surface area contributed by atoms with Crippen molar-refractivity contribution in [2.24, 2.45) is 0 Å². The predicted octanol–water partition coefficient (Wildman–Crippen LogP) is 5.31. The minimum Gasteiger partial charge on any atom is -0.322 e. The molecule has 0 aliphatic rings. The van der Waals surface area contributed by atoms with Crippen molar-refractivity contribution in [3.05, 3.63) is 102 Å². The van der Waals surface area contributed by atoms with Crippen LogP contribution in [0.2, 0.25) is 10.0 Å². The van der Waals surface area contributed by atoms with Crippen LogP contribution >= 0.6 is 23.2 Å². The molecule has 0 spiro atoms. The number of anilines is 2. The highest BCUT2D eigenvalue weighted by atomic mass is 35.5. The van der Waals surface area contributed by atoms with Crippen molar-refractivity contribution in [1.29, 1.82) is 0 Å². The summed E-state index contributed by atoms with van der Waals surface area (Å²) in [6, 6.07) is 13.1. The molecule has 3 aromatic rings. The number of hydrogen-bond acceptors (Lipinski definition) is 6. The largest absolute Gasteiger partial charge is 0.322 e. The average Bonchev–Trinajstić information content (AvgIpc) is 2.74. The van der Waals surface area contributed by atoms with Gasteiger partial charge in [-0.05, 0) is 36.4 Å². The van der Waals surface area contributed by atoms with Crippen LogP contribution in [0.1, 0.15) is 20.7 Å². The predicted molar refractivity (Wildman–Crippen MR) is 119 cm³/mol. The van der Waals surface area contributed by atoms with Crippen LogP contribution in [0.4, 0.5) is 22.7 Å². The molecule has 0 bridgehead atoms. The summed E-state index contributed by atoms with van der Waals surface area (Å²) in [5, 5.41) is 26.6. The van der Waals surface area contributed by atoms with Crippen LogP contribution in [0.3, 0.4) is 0 Å². The second-order valence-electron chi connectivity index (χ2n) is 6.33. The highest BCUT2D eigenvalue weighted by molar-refractivity contribution is 6.35. The van der Waals surface area contributed by atoms with Gasteiger partial charge in [-0.15, -0.1) is 0 Å². The number of halogens is 2. The Kier molecular flexibility index (Phi) is 6.67. The number of nitro benzene ring substituents is 2. The zero-order valence-electron chi connectivity index (χ0n) is 15.9. The molecule has 2 N–H and O–H groups in total. The summed E-state index contributed by atoms with van der Waals surface area (Å²) >= 11 is 11.9. The Morgan fingerprint density at radius 1 is 0.656 bits per heavy atom. The average molecular weight is 475 g/mol. The lowest BCUT2D eigenvalue weighted by Crippen LogP contribution is -2.14. The van der Waals surface area contributed by atoms with Gasteiger partial charge in [-0.1, -0.05) is 23.2 Å². The molecule has 0 unspecified atom stereocenters. The molecule has 12 heteroatoms. The molecule has 0 radical (unpaired) electrons. The molecule has 0 atom stereocenters. The summed E-state index contributed by atoms with van der Waals surface area (Å²) in [5.74, 6) is -1.14. The molecule has 0 fully saturated rings. The highest BCUT2D eigenvalue weighted by Crippen LogP contribution is 2.25. The second kappa shape index (κ2) is 9.41. The number of hydrogen-bond donors (Lipinski definition) is 2. The third kappa shape index (κ3) is 5.17. The first-order valence-electron chi connectivity index (χ1n) is 8.76. The quantitative estimate of drug-likeness (QED) is 0.365. The van der Waals surface area contributed by atoms with Crippen molar-refractivity contribution < 1.29 is 19.4 Å². The van der Waals surface area contributed by atoms with E-state index in [2.05, 4.69) is 10.6 Å². The molecule has 0 aromatic heterocycles. The Balaban J connectivity index is 1.67. The second-order valence-corrected chi connectivity index (χ2v) is 7.14. The summed E-state index contributed by atoms with van der Waals surface area (Å²) in [6.45, 7) is 0. The van der Waals surface area contributed by atoms with Gasteiger partial charge < -0.3 is 10.6 Å². The van der Waals surface area contributed by atoms with Crippen molar-refractivity contribution >= 4 is 57.8 Å². The van der Waals surface area contributed by atoms with Gasteiger partial charge in [-0.2, -0.15) is 0 Å². The van der Waals surface area contributed by atoms with Gasteiger partial charge in [-0.3, -0.25) is 29.8 Å². The Hall–Kier alpha value is -4.02. The van der Waals surface area contributed by atoms with Crippen LogP contribution in [-0.4, -0.2) is 21.7 Å². The number of rotatable bonds is 6. The minimum absolute atomic E-state index is 0.0578. The molecule has 10 nitrogen and oxygen atoms in total. The molecule has 162 valence electrons. The SMILES string of the molecule is O=C(Nc1ccc(NC(=O)c2ccc([N+](=O)[O-])cc2Cl)cc1)c1ccc([N+](=O)[O-])cc1Cl. The van der Waals surface area contributed by atoms with E-state index in [4.69, 9.17) is 23.2 Å². The summed E-state index contributed by atoms with van der Waals surface area (Å²) in [6.07, 6.45) is 0. The molecular formula is C20H12Cl2N4O6. The number of nitro groups is 2. The number of benzene rings is 3. The summed E-state index contributed by atoms with van der Waals surface area (Å²) < 4.78 is 0. The van der Waals surface area contributed by atoms with Crippen LogP contribution < -0.4 is 10.6 Å². The first-order valence-corrected chi connectivity index (χ1v) is 9.52. The number of nitrogens with zero attached hydrogens (tertiary/aromatic N) is 2. The molecule has 3 rings (SSSR count). The zero-order valence-corrected chi connectivity index (χ0v) is 17.4. The maximum Gasteiger partial charge on any atom is 0.270 e. The minimum atomic E-state index is -0.621. The molecule has 0 aliphatic carbocycles. The van der Waals surface area contributed by atoms with Gasteiger partial charge in [0.1, 0.15) is 0 Å². The summed E-state index contributed by atoms with van der Waals surface area (Å²) in [5.41, 5.74) is 0.413. The van der Waals surface area contributed by atoms with E-state index in [1.165, 1.54) is 48.5 Å². The number of amides is 2. The maximum absolute atomic E-state index is 12.4. The Labute approximate surface area is 190 Å². The molecule has 0 saturated carbocycles. The number of nitrogens with one attached hydrogen (secondary N) is 2. The Bertz CT molecular complexity index is 1150. The van der Waals surface area contributed by atoms with Gasteiger partial charge >= 0.3 is 0 Å². The third-order valence-electron chi connectivity index (χ3n) is 4.22. The number of carbonyl (C=O) groups excluding carboxylic acids is 2. The van der Waals surface area contributed by atoms with E-state index in [1.54, 1.807) is 0 Å². The van der Waals surface area contributed by atoms with Crippen molar-refractivity contribution in [3.8, 4) is 0 Å². The van der Waals surface area contributed by atoms with Crippen LogP contribution in [0, 0.1) is 20.2 Å². The Morgan fingerprint density at radius 3 is 1.28 bits per heavy atom. The topological polar surface area (TPSA) is 144 Å². The van der Waals surface area contributed by atoms with Crippen LogP contribution in [0.5, 0.6) is 0 Å². The summed E-state index contributed by atoms with van der Waals surface area (Å²) in [4.78, 5) is 45.1. The van der Waals surface area contributed by atoms with Gasteiger partial charge in [0.05, 0.1) is 31.0 Å². The molecule has 0 heterocycles. The van der Waals surface area contributed by atoms with Crippen molar-refractivity contribution in [3.63, 3.8) is 0 Å². The van der Waals surface area contributed by atoms with Crippen LogP contribution in [0.25, 0.3) is 0 Å². The fourth-order valence-electron chi connectivity index (χ4n) is 2.64. The molecule has 2 amide bonds. The zero-order chi connectivity index (χ0) is 23.4. The van der Waals surface area contributed by atoms with Crippen molar-refractivity contribution in [2.75, 3.05) is 10.6 Å². The van der Waals surface area contributed by atoms with Crippen LogP contribution in [-0.2, 0) is 0 Å². The van der Waals surface area contributed by atoms with Gasteiger partial charge in [0.25, 0.3) is 23.2 Å². The van der Waals surface area contributed by atoms with E-state index in [0.29, 0.717) is 11.4 Å². The molecule has 0 aliphatic heterocycles. The molecule has 3 aromatic carbocycles. The Morgan fingerprint density at radius 2 is 1.00 bits per heavy atom. The number of carbonyl (C=O) groups is 2. The molecule has 0 saturated heterocycles. The number of non-ortho nitro benzene ring substituents is 2. The van der Waals surface area contributed by atoms with E-state index < -0.39 is 21.7 Å². The van der Waals surface area contributed by atoms with E-state index in [0.717, 1.165) is 12.1 Å². The lowest BCUT2D eigenvalue weighted by atomic mass is 10.1. The van der Waals surface area contributed by atoms with E-state index >= 15 is 0 Å². The fourth-order valence-corrected chi connectivity index (χ4v) is 3.16. The van der Waals surface area contributed by atoms with Gasteiger partial charge in [0.2, 0.25) is 0 Å². The van der Waals surface area contributed by atoms with Crippen molar-refractivity contribution in [2.45, 2.75) is 0 Å². The first-order chi connectivity index (χ1) is 15.2. The molecular weight excluding hydrogens is 463 g/mol. The standard InChI is InChI=1S/C20H12Cl2N4O6/c21-17-9-13(25(29)30)5-7-15(17)19(27)23-11-1-2-12(4-3-11)24-20(28)16-8-6-14(26(31)32)10-18(16)22/h1-10H,(H,23,27)(H,24,28). The lowest BCUT2D eigenvalue weighted by molar-refractivity contribution is -0.385.